The van der Waals surface area contributed by atoms with Crippen LogP contribution in [0.25, 0.3) is 10.7 Å². The Morgan fingerprint density at radius 3 is 2.89 bits per heavy atom. The molecule has 0 fully saturated rings. The third-order valence-corrected chi connectivity index (χ3v) is 4.81. The van der Waals surface area contributed by atoms with Crippen molar-refractivity contribution in [3.05, 3.63) is 33.9 Å². The molecule has 2 aromatic heterocycles. The van der Waals surface area contributed by atoms with Crippen LogP contribution in [-0.2, 0) is 6.42 Å². The van der Waals surface area contributed by atoms with Gasteiger partial charge < -0.3 is 5.11 Å². The van der Waals surface area contributed by atoms with Crippen LogP contribution in [0.5, 0.6) is 0 Å². The van der Waals surface area contributed by atoms with Crippen molar-refractivity contribution >= 4 is 22.9 Å². The lowest BCUT2D eigenvalue weighted by Crippen LogP contribution is -2.24. The summed E-state index contributed by atoms with van der Waals surface area (Å²) in [6.45, 7) is 4.33. The van der Waals surface area contributed by atoms with Gasteiger partial charge in [0.15, 0.2) is 0 Å². The molecule has 2 aromatic rings. The molecule has 1 aliphatic rings. The molecule has 0 amide bonds. The molecule has 1 atom stereocenters. The Hall–Kier alpha value is -0.970. The summed E-state index contributed by atoms with van der Waals surface area (Å²) < 4.78 is 0. The van der Waals surface area contributed by atoms with Crippen LogP contribution in [0.2, 0.25) is 5.02 Å². The monoisotopic (exact) mass is 294 g/mol. The molecular weight excluding hydrogens is 280 g/mol. The lowest BCUT2D eigenvalue weighted by Gasteiger charge is -2.31. The van der Waals surface area contributed by atoms with Gasteiger partial charge in [-0.3, -0.25) is 4.98 Å². The highest BCUT2D eigenvalue weighted by atomic mass is 35.5. The molecule has 0 spiro atoms. The third-order valence-electron chi connectivity index (χ3n) is 3.37. The standard InChI is InChI=1S/C14H15ClN2OS/c1-14(2)5-10-12(11(18)6-14)19-13(17-10)9-4-3-8(15)7-16-9/h3-4,7,11,18H,5-6H2,1-2H3. The molecule has 0 radical (unpaired) electrons. The van der Waals surface area contributed by atoms with Crippen molar-refractivity contribution in [1.82, 2.24) is 9.97 Å². The van der Waals surface area contributed by atoms with Crippen LogP contribution in [0.1, 0.15) is 36.9 Å². The summed E-state index contributed by atoms with van der Waals surface area (Å²) in [4.78, 5) is 9.93. The number of thiazole rings is 1. The van der Waals surface area contributed by atoms with Crippen molar-refractivity contribution in [3.63, 3.8) is 0 Å². The van der Waals surface area contributed by atoms with Crippen LogP contribution in [0, 0.1) is 5.41 Å². The first-order chi connectivity index (χ1) is 8.94. The average Bonchev–Trinajstić information content (AvgIpc) is 2.72. The molecule has 0 saturated carbocycles. The van der Waals surface area contributed by atoms with Crippen LogP contribution in [0.4, 0.5) is 0 Å². The van der Waals surface area contributed by atoms with Gasteiger partial charge in [-0.2, -0.15) is 0 Å². The normalized spacial score (nSPS) is 21.2. The minimum Gasteiger partial charge on any atom is -0.387 e. The van der Waals surface area contributed by atoms with E-state index in [9.17, 15) is 5.11 Å². The number of halogens is 1. The second-order valence-corrected chi connectivity index (χ2v) is 7.22. The highest BCUT2D eigenvalue weighted by Gasteiger charge is 2.34. The van der Waals surface area contributed by atoms with Crippen molar-refractivity contribution in [2.24, 2.45) is 5.41 Å². The van der Waals surface area contributed by atoms with E-state index in [4.69, 9.17) is 11.6 Å². The Balaban J connectivity index is 2.01. The zero-order valence-corrected chi connectivity index (χ0v) is 12.4. The van der Waals surface area contributed by atoms with Crippen LogP contribution in [-0.4, -0.2) is 15.1 Å². The van der Waals surface area contributed by atoms with E-state index in [2.05, 4.69) is 23.8 Å². The van der Waals surface area contributed by atoms with Crippen LogP contribution in [0.15, 0.2) is 18.3 Å². The van der Waals surface area contributed by atoms with Gasteiger partial charge in [0, 0.05) is 6.20 Å². The van der Waals surface area contributed by atoms with Gasteiger partial charge in [0.25, 0.3) is 0 Å². The van der Waals surface area contributed by atoms with Crippen molar-refractivity contribution in [1.29, 1.82) is 0 Å². The van der Waals surface area contributed by atoms with Crippen LogP contribution < -0.4 is 0 Å². The number of aliphatic hydroxyl groups is 1. The first kappa shape index (κ1) is 13.0. The van der Waals surface area contributed by atoms with Gasteiger partial charge >= 0.3 is 0 Å². The molecular formula is C14H15ClN2OS. The smallest absolute Gasteiger partial charge is 0.142 e. The van der Waals surface area contributed by atoms with Gasteiger partial charge in [0.05, 0.1) is 27.4 Å². The molecule has 0 saturated heterocycles. The fourth-order valence-electron chi connectivity index (χ4n) is 2.50. The SMILES string of the molecule is CC1(C)Cc2nc(-c3ccc(Cl)cn3)sc2C(O)C1. The van der Waals surface area contributed by atoms with Crippen molar-refractivity contribution in [2.75, 3.05) is 0 Å². The number of aliphatic hydroxyl groups excluding tert-OH is 1. The van der Waals surface area contributed by atoms with Crippen molar-refractivity contribution in [2.45, 2.75) is 32.8 Å². The number of hydrogen-bond donors (Lipinski definition) is 1. The van der Waals surface area contributed by atoms with E-state index < -0.39 is 6.10 Å². The van der Waals surface area contributed by atoms with E-state index in [1.807, 2.05) is 12.1 Å². The quantitative estimate of drug-likeness (QED) is 0.868. The maximum absolute atomic E-state index is 10.2. The molecule has 1 unspecified atom stereocenters. The fraction of sp³-hybridized carbons (Fsp3) is 0.429. The van der Waals surface area contributed by atoms with E-state index in [0.29, 0.717) is 5.02 Å². The largest absolute Gasteiger partial charge is 0.387 e. The summed E-state index contributed by atoms with van der Waals surface area (Å²) in [5, 5.41) is 11.7. The molecule has 19 heavy (non-hydrogen) atoms. The third kappa shape index (κ3) is 2.53. The van der Waals surface area contributed by atoms with E-state index in [0.717, 1.165) is 34.1 Å². The predicted molar refractivity (Wildman–Crippen MR) is 77.4 cm³/mol. The second-order valence-electron chi connectivity index (χ2n) is 5.75. The number of aromatic nitrogens is 2. The minimum atomic E-state index is -0.405. The number of fused-ring (bicyclic) bond motifs is 1. The topological polar surface area (TPSA) is 46.0 Å². The Morgan fingerprint density at radius 1 is 1.42 bits per heavy atom. The molecule has 100 valence electrons. The van der Waals surface area contributed by atoms with Crippen LogP contribution >= 0.6 is 22.9 Å². The Labute approximate surface area is 121 Å². The van der Waals surface area contributed by atoms with E-state index >= 15 is 0 Å². The van der Waals surface area contributed by atoms with E-state index in [-0.39, 0.29) is 5.41 Å². The summed E-state index contributed by atoms with van der Waals surface area (Å²) in [5.41, 5.74) is 1.93. The molecule has 3 rings (SSSR count). The second kappa shape index (κ2) is 4.54. The zero-order chi connectivity index (χ0) is 13.6. The lowest BCUT2D eigenvalue weighted by molar-refractivity contribution is 0.102. The van der Waals surface area contributed by atoms with E-state index in [1.165, 1.54) is 11.3 Å². The molecule has 3 nitrogen and oxygen atoms in total. The maximum atomic E-state index is 10.2. The van der Waals surface area contributed by atoms with Gasteiger partial charge in [-0.25, -0.2) is 4.98 Å². The Kier molecular flexibility index (Phi) is 3.12. The number of nitrogens with zero attached hydrogens (tertiary/aromatic N) is 2. The average molecular weight is 295 g/mol. The Bertz CT molecular complexity index is 606. The maximum Gasteiger partial charge on any atom is 0.142 e. The van der Waals surface area contributed by atoms with Gasteiger partial charge in [-0.1, -0.05) is 25.4 Å². The zero-order valence-electron chi connectivity index (χ0n) is 10.9. The molecule has 1 aliphatic carbocycles. The molecule has 5 heteroatoms. The Morgan fingerprint density at radius 2 is 2.21 bits per heavy atom. The molecule has 2 heterocycles. The fourth-order valence-corrected chi connectivity index (χ4v) is 3.66. The van der Waals surface area contributed by atoms with E-state index in [1.54, 1.807) is 6.20 Å². The molecule has 0 aromatic carbocycles. The predicted octanol–water partition coefficient (Wildman–Crippen LogP) is 3.86. The molecule has 1 N–H and O–H groups in total. The summed E-state index contributed by atoms with van der Waals surface area (Å²) in [6.07, 6.45) is 2.91. The van der Waals surface area contributed by atoms with Gasteiger partial charge in [0.2, 0.25) is 0 Å². The van der Waals surface area contributed by atoms with Gasteiger partial charge in [-0.15, -0.1) is 11.3 Å². The number of rotatable bonds is 1. The number of hydrogen-bond acceptors (Lipinski definition) is 4. The molecule has 0 bridgehead atoms. The van der Waals surface area contributed by atoms with Gasteiger partial charge in [0.1, 0.15) is 5.01 Å². The molecule has 0 aliphatic heterocycles. The van der Waals surface area contributed by atoms with Crippen molar-refractivity contribution in [3.8, 4) is 10.7 Å². The van der Waals surface area contributed by atoms with Crippen molar-refractivity contribution < 1.29 is 5.11 Å². The highest BCUT2D eigenvalue weighted by Crippen LogP contribution is 2.44. The first-order valence-electron chi connectivity index (χ1n) is 6.24. The first-order valence-corrected chi connectivity index (χ1v) is 7.44. The van der Waals surface area contributed by atoms with Crippen LogP contribution in [0.3, 0.4) is 0 Å². The summed E-state index contributed by atoms with van der Waals surface area (Å²) in [7, 11) is 0. The summed E-state index contributed by atoms with van der Waals surface area (Å²) >= 11 is 7.38. The highest BCUT2D eigenvalue weighted by molar-refractivity contribution is 7.15. The minimum absolute atomic E-state index is 0.102. The number of pyridine rings is 1. The summed E-state index contributed by atoms with van der Waals surface area (Å²) in [5.74, 6) is 0. The summed E-state index contributed by atoms with van der Waals surface area (Å²) in [6, 6.07) is 3.68. The van der Waals surface area contributed by atoms with Gasteiger partial charge in [-0.05, 0) is 30.4 Å². The lowest BCUT2D eigenvalue weighted by atomic mass is 9.77.